The van der Waals surface area contributed by atoms with Gasteiger partial charge in [-0.1, -0.05) is 36.4 Å². The van der Waals surface area contributed by atoms with Crippen LogP contribution in [-0.4, -0.2) is 44.4 Å². The monoisotopic (exact) mass is 464 g/mol. The van der Waals surface area contributed by atoms with Crippen LogP contribution in [0.5, 0.6) is 11.5 Å². The summed E-state index contributed by atoms with van der Waals surface area (Å²) in [6.45, 7) is -0.0651. The predicted octanol–water partition coefficient (Wildman–Crippen LogP) is 4.10. The standard InChI is InChI=1S/C26H20N6O3/c1-32-12-17(22(31-32)15-7-4-3-5-8-15)24-25-19(27-14-28-24)11-20(34-2)23(30-25)16-9-6-10-18-26(16)35-13-21(33)29-18/h3-12,14H,13H2,1-2H3,(H,29,33). The Hall–Kier alpha value is -4.79. The maximum Gasteiger partial charge on any atom is 0.262 e. The number of aromatic nitrogens is 5. The Kier molecular flexibility index (Phi) is 4.88. The SMILES string of the molecule is COc1cc2ncnc(-c3cn(C)nc3-c3ccccc3)c2nc1-c1cccc2c1OCC(=O)N2. The highest BCUT2D eigenvalue weighted by Crippen LogP contribution is 2.43. The maximum atomic E-state index is 11.8. The number of hydrogen-bond acceptors (Lipinski definition) is 7. The molecule has 3 aromatic heterocycles. The lowest BCUT2D eigenvalue weighted by molar-refractivity contribution is -0.118. The van der Waals surface area contributed by atoms with Crippen LogP contribution < -0.4 is 14.8 Å². The van der Waals surface area contributed by atoms with Crippen molar-refractivity contribution in [2.45, 2.75) is 0 Å². The van der Waals surface area contributed by atoms with Gasteiger partial charge in [-0.2, -0.15) is 5.10 Å². The zero-order valence-corrected chi connectivity index (χ0v) is 19.0. The topological polar surface area (TPSA) is 104 Å². The molecule has 0 spiro atoms. The molecule has 4 heterocycles. The summed E-state index contributed by atoms with van der Waals surface area (Å²) in [5.74, 6) is 0.876. The van der Waals surface area contributed by atoms with E-state index in [1.54, 1.807) is 17.9 Å². The fourth-order valence-electron chi connectivity index (χ4n) is 4.29. The first-order valence-electron chi connectivity index (χ1n) is 11.0. The van der Waals surface area contributed by atoms with Gasteiger partial charge in [0.15, 0.2) is 12.4 Å². The lowest BCUT2D eigenvalue weighted by Gasteiger charge is -2.21. The zero-order chi connectivity index (χ0) is 23.9. The molecule has 6 rings (SSSR count). The van der Waals surface area contributed by atoms with E-state index >= 15 is 0 Å². The molecule has 9 heteroatoms. The number of nitrogens with zero attached hydrogens (tertiary/aromatic N) is 5. The summed E-state index contributed by atoms with van der Waals surface area (Å²) in [7, 11) is 3.46. The van der Waals surface area contributed by atoms with E-state index in [1.807, 2.05) is 61.8 Å². The highest BCUT2D eigenvalue weighted by atomic mass is 16.5. The second-order valence-corrected chi connectivity index (χ2v) is 8.08. The van der Waals surface area contributed by atoms with E-state index in [0.29, 0.717) is 45.2 Å². The molecule has 0 aliphatic carbocycles. The number of amides is 1. The Morgan fingerprint density at radius 3 is 2.69 bits per heavy atom. The smallest absolute Gasteiger partial charge is 0.262 e. The minimum absolute atomic E-state index is 0.0651. The van der Waals surface area contributed by atoms with Crippen LogP contribution in [0.2, 0.25) is 0 Å². The summed E-state index contributed by atoms with van der Waals surface area (Å²) in [5.41, 5.74) is 6.37. The van der Waals surface area contributed by atoms with Crippen molar-refractivity contribution in [2.75, 3.05) is 19.0 Å². The van der Waals surface area contributed by atoms with Gasteiger partial charge in [-0.15, -0.1) is 0 Å². The molecule has 35 heavy (non-hydrogen) atoms. The van der Waals surface area contributed by atoms with Crippen molar-refractivity contribution in [2.24, 2.45) is 7.05 Å². The molecular formula is C26H20N6O3. The normalized spacial score (nSPS) is 12.7. The number of pyridine rings is 1. The third-order valence-electron chi connectivity index (χ3n) is 5.82. The molecule has 0 radical (unpaired) electrons. The molecule has 0 atom stereocenters. The first kappa shape index (κ1) is 20.8. The van der Waals surface area contributed by atoms with Crippen LogP contribution in [0, 0.1) is 0 Å². The molecule has 172 valence electrons. The molecule has 9 nitrogen and oxygen atoms in total. The molecule has 0 saturated heterocycles. The Morgan fingerprint density at radius 1 is 1.00 bits per heavy atom. The molecule has 1 N–H and O–H groups in total. The molecule has 0 unspecified atom stereocenters. The van der Waals surface area contributed by atoms with Gasteiger partial charge in [-0.25, -0.2) is 15.0 Å². The van der Waals surface area contributed by atoms with Crippen molar-refractivity contribution in [3.05, 3.63) is 67.1 Å². The third-order valence-corrected chi connectivity index (χ3v) is 5.82. The lowest BCUT2D eigenvalue weighted by Crippen LogP contribution is -2.25. The number of hydrogen-bond donors (Lipinski definition) is 1. The second kappa shape index (κ2) is 8.21. The third kappa shape index (κ3) is 3.54. The molecule has 5 aromatic rings. The number of nitrogens with one attached hydrogen (secondary N) is 1. The van der Waals surface area contributed by atoms with Crippen LogP contribution in [-0.2, 0) is 11.8 Å². The van der Waals surface area contributed by atoms with Crippen molar-refractivity contribution in [3.8, 4) is 45.3 Å². The van der Waals surface area contributed by atoms with Gasteiger partial charge < -0.3 is 14.8 Å². The number of rotatable bonds is 4. The van der Waals surface area contributed by atoms with Gasteiger partial charge in [0.2, 0.25) is 0 Å². The minimum Gasteiger partial charge on any atom is -0.494 e. The molecular weight excluding hydrogens is 444 g/mol. The van der Waals surface area contributed by atoms with E-state index < -0.39 is 0 Å². The maximum absolute atomic E-state index is 11.8. The number of methoxy groups -OCH3 is 1. The summed E-state index contributed by atoms with van der Waals surface area (Å²) < 4.78 is 13.2. The number of benzene rings is 2. The van der Waals surface area contributed by atoms with E-state index in [4.69, 9.17) is 14.5 Å². The predicted molar refractivity (Wildman–Crippen MR) is 131 cm³/mol. The van der Waals surface area contributed by atoms with Crippen molar-refractivity contribution in [1.82, 2.24) is 24.7 Å². The summed E-state index contributed by atoms with van der Waals surface area (Å²) in [5, 5.41) is 7.53. The number of para-hydroxylation sites is 1. The number of carbonyl (C=O) groups is 1. The largest absolute Gasteiger partial charge is 0.494 e. The average Bonchev–Trinajstić information content (AvgIpc) is 3.28. The Morgan fingerprint density at radius 2 is 1.86 bits per heavy atom. The van der Waals surface area contributed by atoms with E-state index in [2.05, 4.69) is 20.4 Å². The number of anilines is 1. The molecule has 0 saturated carbocycles. The second-order valence-electron chi connectivity index (χ2n) is 8.08. The number of ether oxygens (including phenoxy) is 2. The summed E-state index contributed by atoms with van der Waals surface area (Å²) in [6.07, 6.45) is 3.45. The van der Waals surface area contributed by atoms with Crippen LogP contribution in [0.1, 0.15) is 0 Å². The fraction of sp³-hybridized carbons (Fsp3) is 0.115. The molecule has 1 amide bonds. The first-order valence-corrected chi connectivity index (χ1v) is 11.0. The average molecular weight is 464 g/mol. The highest BCUT2D eigenvalue weighted by Gasteiger charge is 2.24. The lowest BCUT2D eigenvalue weighted by atomic mass is 10.0. The van der Waals surface area contributed by atoms with Crippen LogP contribution in [0.25, 0.3) is 44.8 Å². The van der Waals surface area contributed by atoms with Gasteiger partial charge in [0.1, 0.15) is 34.7 Å². The first-order chi connectivity index (χ1) is 17.1. The quantitative estimate of drug-likeness (QED) is 0.427. The van der Waals surface area contributed by atoms with Crippen molar-refractivity contribution in [1.29, 1.82) is 0 Å². The highest BCUT2D eigenvalue weighted by molar-refractivity contribution is 5.99. The van der Waals surface area contributed by atoms with Crippen molar-refractivity contribution < 1.29 is 14.3 Å². The molecule has 0 fully saturated rings. The van der Waals surface area contributed by atoms with Crippen LogP contribution >= 0.6 is 0 Å². The zero-order valence-electron chi connectivity index (χ0n) is 19.0. The number of carbonyl (C=O) groups excluding carboxylic acids is 1. The summed E-state index contributed by atoms with van der Waals surface area (Å²) >= 11 is 0. The number of aryl methyl sites for hydroxylation is 1. The fourth-order valence-corrected chi connectivity index (χ4v) is 4.29. The van der Waals surface area contributed by atoms with E-state index in [9.17, 15) is 4.79 Å². The molecule has 1 aliphatic heterocycles. The van der Waals surface area contributed by atoms with Crippen LogP contribution in [0.4, 0.5) is 5.69 Å². The van der Waals surface area contributed by atoms with E-state index in [-0.39, 0.29) is 12.5 Å². The van der Waals surface area contributed by atoms with Crippen molar-refractivity contribution in [3.63, 3.8) is 0 Å². The Balaban J connectivity index is 1.60. The van der Waals surface area contributed by atoms with E-state index in [0.717, 1.165) is 16.8 Å². The summed E-state index contributed by atoms with van der Waals surface area (Å²) in [4.78, 5) is 25.9. The summed E-state index contributed by atoms with van der Waals surface area (Å²) in [6, 6.07) is 17.3. The van der Waals surface area contributed by atoms with Gasteiger partial charge in [-0.05, 0) is 12.1 Å². The molecule has 2 aromatic carbocycles. The van der Waals surface area contributed by atoms with E-state index in [1.165, 1.54) is 6.33 Å². The van der Waals surface area contributed by atoms with Crippen LogP contribution in [0.15, 0.2) is 67.1 Å². The Labute approximate surface area is 200 Å². The van der Waals surface area contributed by atoms with Crippen LogP contribution in [0.3, 0.4) is 0 Å². The van der Waals surface area contributed by atoms with Gasteiger partial charge in [0.25, 0.3) is 5.91 Å². The van der Waals surface area contributed by atoms with Gasteiger partial charge in [0.05, 0.1) is 18.3 Å². The van der Waals surface area contributed by atoms with Gasteiger partial charge >= 0.3 is 0 Å². The number of fused-ring (bicyclic) bond motifs is 2. The molecule has 1 aliphatic rings. The van der Waals surface area contributed by atoms with Gasteiger partial charge in [-0.3, -0.25) is 9.48 Å². The van der Waals surface area contributed by atoms with Crippen molar-refractivity contribution >= 4 is 22.6 Å². The Bertz CT molecular complexity index is 1600. The molecule has 0 bridgehead atoms. The van der Waals surface area contributed by atoms with Gasteiger partial charge in [0, 0.05) is 36.0 Å². The minimum atomic E-state index is -0.200.